The Bertz CT molecular complexity index is 1130. The first-order chi connectivity index (χ1) is 16.4. The molecular formula is C23H26N6O4S. The van der Waals surface area contributed by atoms with Crippen LogP contribution in [-0.4, -0.2) is 65.1 Å². The van der Waals surface area contributed by atoms with E-state index in [2.05, 4.69) is 33.9 Å². The summed E-state index contributed by atoms with van der Waals surface area (Å²) >= 11 is 1.35. The maximum Gasteiger partial charge on any atom is 0.363 e. The fraction of sp³-hybridized carbons (Fsp3) is 0.348. The lowest BCUT2D eigenvalue weighted by atomic mass is 10.2. The highest BCUT2D eigenvalue weighted by atomic mass is 32.2. The van der Waals surface area contributed by atoms with Crippen molar-refractivity contribution in [2.75, 3.05) is 39.2 Å². The number of nitrogens with zero attached hydrogens (tertiary/aromatic N) is 6. The molecule has 10 nitrogen and oxygen atoms in total. The number of likely N-dealkylation sites (N-methyl/N-ethyl adjacent to an activating group) is 1. The van der Waals surface area contributed by atoms with Crippen LogP contribution in [0, 0.1) is 10.1 Å². The van der Waals surface area contributed by atoms with Gasteiger partial charge in [-0.3, -0.25) is 0 Å². The summed E-state index contributed by atoms with van der Waals surface area (Å²) in [6, 6.07) is 11.1. The zero-order chi connectivity index (χ0) is 24.1. The van der Waals surface area contributed by atoms with Crippen molar-refractivity contribution < 1.29 is 14.4 Å². The van der Waals surface area contributed by atoms with Crippen LogP contribution in [0.5, 0.6) is 11.6 Å². The number of methoxy groups -OCH3 is 1. The number of nitro groups is 1. The van der Waals surface area contributed by atoms with Crippen molar-refractivity contribution in [2.24, 2.45) is 0 Å². The number of aromatic nitrogens is 3. The van der Waals surface area contributed by atoms with E-state index in [1.807, 2.05) is 24.3 Å². The zero-order valence-electron chi connectivity index (χ0n) is 19.2. The molecular weight excluding hydrogens is 456 g/mol. The summed E-state index contributed by atoms with van der Waals surface area (Å²) in [5, 5.41) is 10.9. The van der Waals surface area contributed by atoms with Crippen molar-refractivity contribution in [3.63, 3.8) is 0 Å². The van der Waals surface area contributed by atoms with Crippen LogP contribution < -0.4 is 14.4 Å². The normalized spacial score (nSPS) is 15.5. The van der Waals surface area contributed by atoms with Gasteiger partial charge in [0, 0.05) is 25.2 Å². The van der Waals surface area contributed by atoms with Gasteiger partial charge >= 0.3 is 5.82 Å². The molecule has 4 rings (SSSR count). The molecule has 178 valence electrons. The van der Waals surface area contributed by atoms with E-state index in [1.165, 1.54) is 24.0 Å². The number of hydrogen-bond donors (Lipinski definition) is 0. The van der Waals surface area contributed by atoms with Crippen molar-refractivity contribution >= 4 is 23.5 Å². The van der Waals surface area contributed by atoms with Crippen LogP contribution in [0.2, 0.25) is 0 Å². The SMILES string of the molecule is COc1ccc(COc2nc(N3CC[C@@H](N(C)C)C3)ncc2Sc2ccc([N+](=O)[O-])nc2)cc1. The molecule has 3 aromatic rings. The van der Waals surface area contributed by atoms with E-state index in [0.29, 0.717) is 29.4 Å². The van der Waals surface area contributed by atoms with Crippen LogP contribution in [0.3, 0.4) is 0 Å². The first-order valence-corrected chi connectivity index (χ1v) is 11.6. The minimum Gasteiger partial charge on any atom is -0.497 e. The lowest BCUT2D eigenvalue weighted by Gasteiger charge is -2.21. The molecule has 0 radical (unpaired) electrons. The highest BCUT2D eigenvalue weighted by Gasteiger charge is 2.26. The molecule has 1 aromatic carbocycles. The lowest BCUT2D eigenvalue weighted by molar-refractivity contribution is -0.389. The topological polar surface area (TPSA) is 107 Å². The molecule has 0 saturated carbocycles. The van der Waals surface area contributed by atoms with E-state index in [1.54, 1.807) is 19.4 Å². The van der Waals surface area contributed by atoms with Crippen molar-refractivity contribution in [3.05, 3.63) is 64.5 Å². The Balaban J connectivity index is 1.56. The smallest absolute Gasteiger partial charge is 0.363 e. The third-order valence-corrected chi connectivity index (χ3v) is 6.53. The quantitative estimate of drug-likeness (QED) is 0.331. The molecule has 2 aromatic heterocycles. The average Bonchev–Trinajstić information content (AvgIpc) is 3.35. The molecule has 1 aliphatic rings. The second-order valence-electron chi connectivity index (χ2n) is 8.04. The Labute approximate surface area is 202 Å². The minimum atomic E-state index is -0.521. The number of rotatable bonds is 9. The van der Waals surface area contributed by atoms with Crippen LogP contribution in [-0.2, 0) is 6.61 Å². The Morgan fingerprint density at radius 1 is 1.18 bits per heavy atom. The molecule has 3 heterocycles. The van der Waals surface area contributed by atoms with Gasteiger partial charge in [0.05, 0.1) is 23.1 Å². The van der Waals surface area contributed by atoms with E-state index in [0.717, 1.165) is 35.7 Å². The van der Waals surface area contributed by atoms with Crippen molar-refractivity contribution in [1.29, 1.82) is 0 Å². The average molecular weight is 483 g/mol. The first-order valence-electron chi connectivity index (χ1n) is 10.8. The summed E-state index contributed by atoms with van der Waals surface area (Å²) in [4.78, 5) is 29.4. The van der Waals surface area contributed by atoms with Crippen molar-refractivity contribution in [1.82, 2.24) is 19.9 Å². The van der Waals surface area contributed by atoms with Gasteiger partial charge in [-0.25, -0.2) is 4.98 Å². The van der Waals surface area contributed by atoms with Crippen LogP contribution in [0.15, 0.2) is 58.6 Å². The van der Waals surface area contributed by atoms with E-state index < -0.39 is 4.92 Å². The van der Waals surface area contributed by atoms with Gasteiger partial charge in [0.2, 0.25) is 11.8 Å². The largest absolute Gasteiger partial charge is 0.497 e. The first kappa shape index (κ1) is 23.7. The van der Waals surface area contributed by atoms with Crippen LogP contribution in [0.25, 0.3) is 0 Å². The molecule has 0 amide bonds. The monoisotopic (exact) mass is 482 g/mol. The summed E-state index contributed by atoms with van der Waals surface area (Å²) in [5.74, 6) is 1.66. The summed E-state index contributed by atoms with van der Waals surface area (Å²) in [7, 11) is 5.79. The number of pyridine rings is 1. The Morgan fingerprint density at radius 2 is 1.97 bits per heavy atom. The van der Waals surface area contributed by atoms with E-state index >= 15 is 0 Å². The maximum atomic E-state index is 10.9. The Morgan fingerprint density at radius 3 is 2.59 bits per heavy atom. The van der Waals surface area contributed by atoms with Crippen LogP contribution in [0.4, 0.5) is 11.8 Å². The molecule has 11 heteroatoms. The highest BCUT2D eigenvalue weighted by molar-refractivity contribution is 7.99. The molecule has 0 spiro atoms. The molecule has 1 aliphatic heterocycles. The second-order valence-corrected chi connectivity index (χ2v) is 9.15. The van der Waals surface area contributed by atoms with Gasteiger partial charge in [-0.2, -0.15) is 4.98 Å². The van der Waals surface area contributed by atoms with Gasteiger partial charge in [-0.05, 0) is 54.2 Å². The van der Waals surface area contributed by atoms with Gasteiger partial charge in [0.25, 0.3) is 0 Å². The number of ether oxygens (including phenoxy) is 2. The van der Waals surface area contributed by atoms with Gasteiger partial charge < -0.3 is 29.4 Å². The summed E-state index contributed by atoms with van der Waals surface area (Å²) < 4.78 is 11.3. The standard InChI is InChI=1S/C23H26N6O4S/c1-27(2)17-10-11-28(14-17)23-25-13-20(34-19-8-9-21(24-12-19)29(30)31)22(26-23)33-15-16-4-6-18(32-3)7-5-16/h4-9,12-13,17H,10-11,14-15H2,1-3H3/t17-/m1/s1. The molecule has 1 atom stereocenters. The van der Waals surface area contributed by atoms with Crippen molar-refractivity contribution in [3.8, 4) is 11.6 Å². The van der Waals surface area contributed by atoms with Crippen LogP contribution >= 0.6 is 11.8 Å². The maximum absolute atomic E-state index is 10.9. The predicted molar refractivity (Wildman–Crippen MR) is 129 cm³/mol. The Kier molecular flexibility index (Phi) is 7.43. The van der Waals surface area contributed by atoms with E-state index in [9.17, 15) is 10.1 Å². The van der Waals surface area contributed by atoms with E-state index in [-0.39, 0.29) is 5.82 Å². The second kappa shape index (κ2) is 10.7. The van der Waals surface area contributed by atoms with Gasteiger partial charge in [-0.1, -0.05) is 23.9 Å². The zero-order valence-corrected chi connectivity index (χ0v) is 20.1. The molecule has 34 heavy (non-hydrogen) atoms. The van der Waals surface area contributed by atoms with Crippen LogP contribution in [0.1, 0.15) is 12.0 Å². The third-order valence-electron chi connectivity index (χ3n) is 5.56. The summed E-state index contributed by atoms with van der Waals surface area (Å²) in [6.07, 6.45) is 4.25. The van der Waals surface area contributed by atoms with Gasteiger partial charge in [-0.15, -0.1) is 0 Å². The van der Waals surface area contributed by atoms with E-state index in [4.69, 9.17) is 14.5 Å². The molecule has 1 saturated heterocycles. The third kappa shape index (κ3) is 5.72. The van der Waals surface area contributed by atoms with Crippen molar-refractivity contribution in [2.45, 2.75) is 28.9 Å². The molecule has 0 unspecified atom stereocenters. The number of hydrogen-bond acceptors (Lipinski definition) is 10. The number of benzene rings is 1. The molecule has 1 fully saturated rings. The molecule has 0 N–H and O–H groups in total. The molecule has 0 aliphatic carbocycles. The van der Waals surface area contributed by atoms with Gasteiger partial charge in [0.1, 0.15) is 12.4 Å². The fourth-order valence-electron chi connectivity index (χ4n) is 3.56. The highest BCUT2D eigenvalue weighted by Crippen LogP contribution is 2.35. The van der Waals surface area contributed by atoms with Gasteiger partial charge in [0.15, 0.2) is 6.20 Å². The lowest BCUT2D eigenvalue weighted by Crippen LogP contribution is -2.32. The predicted octanol–water partition coefficient (Wildman–Crippen LogP) is 3.66. The summed E-state index contributed by atoms with van der Waals surface area (Å²) in [5.41, 5.74) is 0.975. The molecule has 0 bridgehead atoms. The fourth-order valence-corrected chi connectivity index (χ4v) is 4.35. The number of anilines is 1. The Hall–Kier alpha value is -3.44. The minimum absolute atomic E-state index is 0.198. The summed E-state index contributed by atoms with van der Waals surface area (Å²) in [6.45, 7) is 2.05.